The van der Waals surface area contributed by atoms with E-state index in [1.165, 1.54) is 0 Å². The van der Waals surface area contributed by atoms with E-state index in [1.54, 1.807) is 20.8 Å². The van der Waals surface area contributed by atoms with Gasteiger partial charge in [0.25, 0.3) is 0 Å². The number of aromatic nitrogens is 3. The third kappa shape index (κ3) is 16.1. The molecule has 47 heavy (non-hydrogen) atoms. The van der Waals surface area contributed by atoms with Gasteiger partial charge in [-0.15, -0.1) is 0 Å². The normalized spacial score (nSPS) is 9.26. The van der Waals surface area contributed by atoms with Crippen molar-refractivity contribution in [2.75, 3.05) is 19.8 Å². The second-order valence-corrected chi connectivity index (χ2v) is 7.74. The number of hydrogen-bond acceptors (Lipinski definition) is 18. The summed E-state index contributed by atoms with van der Waals surface area (Å²) in [6.45, 7) is 5.88. The van der Waals surface area contributed by atoms with Gasteiger partial charge in [0.1, 0.15) is 17.2 Å². The summed E-state index contributed by atoms with van der Waals surface area (Å²) in [7, 11) is 0. The molecule has 0 saturated carbocycles. The van der Waals surface area contributed by atoms with Gasteiger partial charge in [-0.1, -0.05) is 0 Å². The molecule has 0 unspecified atom stereocenters. The van der Waals surface area contributed by atoms with E-state index in [0.29, 0.717) is 0 Å². The molecule has 0 radical (unpaired) electrons. The van der Waals surface area contributed by atoms with Gasteiger partial charge in [0.15, 0.2) is 0 Å². The van der Waals surface area contributed by atoms with Gasteiger partial charge >= 0.3 is 77.2 Å². The Labute approximate surface area is 327 Å². The molecule has 0 aromatic carbocycles. The molecule has 18 nitrogen and oxygen atoms in total. The number of pyridine rings is 3. The average molecular weight is 945 g/mol. The van der Waals surface area contributed by atoms with E-state index in [0.717, 1.165) is 36.4 Å². The van der Waals surface area contributed by atoms with Gasteiger partial charge in [0, 0.05) is 36.4 Å². The van der Waals surface area contributed by atoms with Crippen molar-refractivity contribution in [3.05, 3.63) is 70.6 Å². The Hall–Kier alpha value is -3.76. The fourth-order valence-electron chi connectivity index (χ4n) is 2.89. The zero-order chi connectivity index (χ0) is 34.3. The maximum atomic E-state index is 10.5. The van der Waals surface area contributed by atoms with Gasteiger partial charge in [-0.3, -0.25) is 0 Å². The summed E-state index contributed by atoms with van der Waals surface area (Å²) >= 11 is 0. The first-order valence-electron chi connectivity index (χ1n) is 12.4. The summed E-state index contributed by atoms with van der Waals surface area (Å²) in [5.74, 6) is -9.11. The number of rotatable bonds is 12. The Balaban J connectivity index is 0. The van der Waals surface area contributed by atoms with Crippen LogP contribution >= 0.6 is 0 Å². The van der Waals surface area contributed by atoms with Crippen LogP contribution in [0.1, 0.15) is 83.7 Å². The molecule has 0 spiro atoms. The molecule has 0 atom stereocenters. The molecule has 0 aliphatic heterocycles. The van der Waals surface area contributed by atoms with E-state index in [4.69, 9.17) is 14.2 Å². The zero-order valence-electron chi connectivity index (χ0n) is 24.2. The maximum Gasteiger partial charge on any atom is 3.00 e. The van der Waals surface area contributed by atoms with Crippen molar-refractivity contribution in [1.82, 2.24) is 15.0 Å². The summed E-state index contributed by atoms with van der Waals surface area (Å²) in [5, 5.41) is 62.9. The molecule has 3 rings (SSSR count). The van der Waals surface area contributed by atoms with Crippen molar-refractivity contribution in [2.24, 2.45) is 0 Å². The molecule has 0 bridgehead atoms. The van der Waals surface area contributed by atoms with Crippen LogP contribution in [0, 0.1) is 77.2 Å². The number of aromatic carboxylic acids is 6. The van der Waals surface area contributed by atoms with Crippen LogP contribution < -0.4 is 44.8 Å². The van der Waals surface area contributed by atoms with Crippen LogP contribution in [0.5, 0.6) is 17.2 Å². The van der Waals surface area contributed by atoms with Gasteiger partial charge in [-0.2, -0.15) is 0 Å². The van der Waals surface area contributed by atoms with E-state index in [2.05, 4.69) is 15.0 Å². The molecule has 20 heteroatoms. The topological polar surface area (TPSA) is 307 Å². The molecule has 3 aromatic rings. The second kappa shape index (κ2) is 22.7. The predicted molar refractivity (Wildman–Crippen MR) is 132 cm³/mol. The fourth-order valence-corrected chi connectivity index (χ4v) is 2.89. The third-order valence-corrected chi connectivity index (χ3v) is 4.58. The predicted octanol–water partition coefficient (Wildman–Crippen LogP) is -5.38. The van der Waals surface area contributed by atoms with Crippen molar-refractivity contribution in [1.29, 1.82) is 0 Å². The third-order valence-electron chi connectivity index (χ3n) is 4.58. The molecule has 0 aliphatic rings. The molecule has 0 saturated heterocycles. The van der Waals surface area contributed by atoms with Gasteiger partial charge in [0.05, 0.1) is 89.8 Å². The van der Waals surface area contributed by atoms with Gasteiger partial charge < -0.3 is 73.6 Å². The number of ether oxygens (including phenoxy) is 3. The fraction of sp³-hybridized carbons (Fsp3) is 0.222. The standard InChI is InChI=1S/3C9H9NO5.2Tb/c3*1-2-15-5-3-6(8(11)12)10-7(4-5)9(13)14;;/h3*3-4H,2H2,1H3,(H,11,12)(H,13,14);;/q;;;2*+3/p-6. The van der Waals surface area contributed by atoms with E-state index >= 15 is 0 Å². The number of carboxylic acid groups (broad SMARTS) is 6. The Morgan fingerprint density at radius 1 is 0.426 bits per heavy atom. The maximum absolute atomic E-state index is 10.5. The van der Waals surface area contributed by atoms with E-state index in [9.17, 15) is 59.4 Å². The van der Waals surface area contributed by atoms with Crippen LogP contribution in [-0.4, -0.2) is 70.6 Å². The first kappa shape index (κ1) is 45.4. The van der Waals surface area contributed by atoms with Crippen molar-refractivity contribution in [2.45, 2.75) is 20.8 Å². The van der Waals surface area contributed by atoms with E-state index in [-0.39, 0.29) is 114 Å². The van der Waals surface area contributed by atoms with Crippen LogP contribution in [0.25, 0.3) is 0 Å². The van der Waals surface area contributed by atoms with Gasteiger partial charge in [-0.05, 0) is 20.8 Å². The molecule has 0 fully saturated rings. The quantitative estimate of drug-likeness (QED) is 0.164. The molecule has 252 valence electrons. The number of hydrogen-bond donors (Lipinski definition) is 0. The molecule has 0 N–H and O–H groups in total. The first-order chi connectivity index (χ1) is 21.1. The van der Waals surface area contributed by atoms with Gasteiger partial charge in [-0.25, -0.2) is 15.0 Å². The van der Waals surface area contributed by atoms with Crippen LogP contribution in [0.2, 0.25) is 0 Å². The smallest absolute Gasteiger partial charge is 0.543 e. The minimum absolute atomic E-state index is 0. The zero-order valence-corrected chi connectivity index (χ0v) is 28.5. The summed E-state index contributed by atoms with van der Waals surface area (Å²) in [6, 6.07) is 6.53. The minimum Gasteiger partial charge on any atom is -0.543 e. The van der Waals surface area contributed by atoms with Crippen molar-refractivity contribution in [3.8, 4) is 17.2 Å². The van der Waals surface area contributed by atoms with E-state index < -0.39 is 70.0 Å². The second-order valence-electron chi connectivity index (χ2n) is 7.74. The largest absolute Gasteiger partial charge is 3.00 e. The minimum atomic E-state index is -1.57. The average Bonchev–Trinajstić information content (AvgIpc) is 2.97. The number of carbonyl (C=O) groups is 6. The first-order valence-corrected chi connectivity index (χ1v) is 12.4. The Morgan fingerprint density at radius 3 is 0.681 bits per heavy atom. The van der Waals surface area contributed by atoms with Crippen LogP contribution in [0.15, 0.2) is 36.4 Å². The van der Waals surface area contributed by atoms with Crippen LogP contribution in [0.3, 0.4) is 0 Å². The van der Waals surface area contributed by atoms with E-state index in [1.807, 2.05) is 0 Å². The molecule has 0 amide bonds. The molecule has 0 aliphatic carbocycles. The monoisotopic (exact) mass is 945 g/mol. The summed E-state index contributed by atoms with van der Waals surface area (Å²) < 4.78 is 14.9. The van der Waals surface area contributed by atoms with Crippen molar-refractivity contribution < 1.29 is 151 Å². The van der Waals surface area contributed by atoms with Gasteiger partial charge in [0.2, 0.25) is 0 Å². The number of carboxylic acids is 6. The molecule has 3 aromatic heterocycles. The Kier molecular flexibility index (Phi) is 21.9. The van der Waals surface area contributed by atoms with Crippen LogP contribution in [-0.2, 0) is 0 Å². The SMILES string of the molecule is CCOc1cc(C(=O)[O-])nc(C(=O)[O-])c1.CCOc1cc(C(=O)[O-])nc(C(=O)[O-])c1.CCOc1cc(C(=O)[O-])nc(C(=O)[O-])c1.[Tb+3].[Tb+3]. The molecular formula is C27H21N3O15Tb2. The van der Waals surface area contributed by atoms with Crippen LogP contribution in [0.4, 0.5) is 0 Å². The summed E-state index contributed by atoms with van der Waals surface area (Å²) in [4.78, 5) is 72.9. The number of nitrogens with zero attached hydrogens (tertiary/aromatic N) is 3. The Morgan fingerprint density at radius 2 is 0.574 bits per heavy atom. The molecular weight excluding hydrogens is 924 g/mol. The Bertz CT molecular complexity index is 1300. The van der Waals surface area contributed by atoms with Crippen molar-refractivity contribution >= 4 is 35.8 Å². The summed E-state index contributed by atoms with van der Waals surface area (Å²) in [6.07, 6.45) is 0. The molecule has 3 heterocycles. The van der Waals surface area contributed by atoms with Crippen molar-refractivity contribution in [3.63, 3.8) is 0 Å². The number of carbonyl (C=O) groups excluding carboxylic acids is 6. The summed E-state index contributed by atoms with van der Waals surface area (Å²) in [5.41, 5.74) is -3.00.